The normalized spacial score (nSPS) is 24.2. The van der Waals surface area contributed by atoms with Crippen molar-refractivity contribution in [3.8, 4) is 0 Å². The van der Waals surface area contributed by atoms with E-state index >= 15 is 8.78 Å². The number of ether oxygens (including phenoxy) is 2. The zero-order chi connectivity index (χ0) is 25.9. The number of alkyl halides is 1. The van der Waals surface area contributed by atoms with Crippen LogP contribution in [-0.4, -0.2) is 60.2 Å². The first-order valence-electron chi connectivity index (χ1n) is 13.2. The van der Waals surface area contributed by atoms with Crippen LogP contribution in [0.3, 0.4) is 0 Å². The van der Waals surface area contributed by atoms with Crippen LogP contribution in [0.1, 0.15) is 56.5 Å². The molecule has 198 valence electrons. The number of halogens is 3. The Morgan fingerprint density at radius 3 is 2.35 bits per heavy atom. The number of H-pyrrole nitrogens is 1. The van der Waals surface area contributed by atoms with Gasteiger partial charge in [-0.1, -0.05) is 18.2 Å². The van der Waals surface area contributed by atoms with Crippen molar-refractivity contribution in [2.75, 3.05) is 37.7 Å². The molecule has 37 heavy (non-hydrogen) atoms. The average Bonchev–Trinajstić information content (AvgIpc) is 3.45. The van der Waals surface area contributed by atoms with E-state index in [1.807, 2.05) is 41.0 Å². The number of nitrogens with one attached hydrogen (secondary N) is 1. The van der Waals surface area contributed by atoms with E-state index in [0.717, 1.165) is 22.2 Å². The Labute approximate surface area is 215 Å². The van der Waals surface area contributed by atoms with Crippen LogP contribution in [0.5, 0.6) is 0 Å². The van der Waals surface area contributed by atoms with E-state index in [4.69, 9.17) is 9.47 Å². The van der Waals surface area contributed by atoms with E-state index in [2.05, 4.69) is 4.98 Å². The molecule has 1 N–H and O–H groups in total. The topological polar surface area (TPSA) is 40.7 Å². The predicted octanol–water partition coefficient (Wildman–Crippen LogP) is 5.87. The minimum Gasteiger partial charge on any atom is -0.371 e. The minimum absolute atomic E-state index is 0.0386. The van der Waals surface area contributed by atoms with E-state index in [1.54, 1.807) is 0 Å². The minimum atomic E-state index is -1.53. The Morgan fingerprint density at radius 2 is 1.70 bits per heavy atom. The van der Waals surface area contributed by atoms with Crippen molar-refractivity contribution in [1.29, 1.82) is 0 Å². The highest BCUT2D eigenvalue weighted by atomic mass is 19.1. The molecule has 6 rings (SSSR count). The van der Waals surface area contributed by atoms with Gasteiger partial charge in [0.1, 0.15) is 17.3 Å². The summed E-state index contributed by atoms with van der Waals surface area (Å²) < 4.78 is 58.5. The first-order chi connectivity index (χ1) is 17.6. The maximum Gasteiger partial charge on any atom is 0.171 e. The molecule has 1 aromatic heterocycles. The lowest BCUT2D eigenvalue weighted by atomic mass is 9.87. The molecule has 1 spiro atoms. The number of fused-ring (bicyclic) bond motifs is 3. The summed E-state index contributed by atoms with van der Waals surface area (Å²) in [7, 11) is 0. The summed E-state index contributed by atoms with van der Waals surface area (Å²) in [6.07, 6.45) is 1.97. The van der Waals surface area contributed by atoms with Gasteiger partial charge in [-0.25, -0.2) is 13.2 Å². The van der Waals surface area contributed by atoms with Crippen molar-refractivity contribution in [1.82, 2.24) is 9.88 Å². The molecular formula is C29H34F3N3O2. The maximum absolute atomic E-state index is 16.0. The fraction of sp³-hybridized carbons (Fsp3) is 0.517. The highest BCUT2D eigenvalue weighted by Crippen LogP contribution is 2.44. The van der Waals surface area contributed by atoms with Crippen LogP contribution < -0.4 is 4.90 Å². The number of nitrogens with zero attached hydrogens (tertiary/aromatic N) is 2. The van der Waals surface area contributed by atoms with E-state index in [9.17, 15) is 4.39 Å². The Hall–Kier alpha value is -2.55. The highest BCUT2D eigenvalue weighted by Gasteiger charge is 2.42. The molecule has 0 radical (unpaired) electrons. The fourth-order valence-electron chi connectivity index (χ4n) is 6.40. The van der Waals surface area contributed by atoms with Crippen LogP contribution in [-0.2, 0) is 15.9 Å². The zero-order valence-corrected chi connectivity index (χ0v) is 21.6. The Bertz CT molecular complexity index is 1280. The van der Waals surface area contributed by atoms with Crippen molar-refractivity contribution in [3.63, 3.8) is 0 Å². The number of piperidine rings is 1. The van der Waals surface area contributed by atoms with Gasteiger partial charge in [0.25, 0.3) is 0 Å². The number of benzene rings is 2. The van der Waals surface area contributed by atoms with Gasteiger partial charge in [0.15, 0.2) is 5.79 Å². The number of hydrogen-bond acceptors (Lipinski definition) is 4. The summed E-state index contributed by atoms with van der Waals surface area (Å²) in [5.74, 6) is -1.79. The van der Waals surface area contributed by atoms with Crippen LogP contribution in [0, 0.1) is 11.6 Å². The number of aromatic nitrogens is 1. The highest BCUT2D eigenvalue weighted by molar-refractivity contribution is 5.85. The van der Waals surface area contributed by atoms with Gasteiger partial charge in [0.2, 0.25) is 0 Å². The van der Waals surface area contributed by atoms with Crippen molar-refractivity contribution >= 4 is 16.6 Å². The molecule has 2 fully saturated rings. The Morgan fingerprint density at radius 1 is 1.05 bits per heavy atom. The molecule has 2 aromatic carbocycles. The molecule has 0 amide bonds. The van der Waals surface area contributed by atoms with Crippen LogP contribution in [0.25, 0.3) is 10.9 Å². The van der Waals surface area contributed by atoms with Crippen LogP contribution >= 0.6 is 0 Å². The number of rotatable bonds is 4. The van der Waals surface area contributed by atoms with Gasteiger partial charge in [-0.3, -0.25) is 4.90 Å². The average molecular weight is 514 g/mol. The van der Waals surface area contributed by atoms with E-state index in [1.165, 1.54) is 26.0 Å². The summed E-state index contributed by atoms with van der Waals surface area (Å²) in [4.78, 5) is 7.31. The molecular weight excluding hydrogens is 479 g/mol. The monoisotopic (exact) mass is 513 g/mol. The molecule has 0 saturated carbocycles. The first kappa shape index (κ1) is 24.8. The van der Waals surface area contributed by atoms with Crippen molar-refractivity contribution in [2.45, 2.75) is 63.6 Å². The number of hydrogen-bond donors (Lipinski definition) is 1. The quantitative estimate of drug-likeness (QED) is 0.474. The molecule has 5 nitrogen and oxygen atoms in total. The lowest BCUT2D eigenvalue weighted by Gasteiger charge is -2.43. The second-order valence-corrected chi connectivity index (χ2v) is 11.3. The molecule has 0 bridgehead atoms. The zero-order valence-electron chi connectivity index (χ0n) is 21.6. The van der Waals surface area contributed by atoms with Crippen molar-refractivity contribution in [3.05, 3.63) is 64.9 Å². The van der Waals surface area contributed by atoms with Crippen LogP contribution in [0.15, 0.2) is 36.4 Å². The van der Waals surface area contributed by atoms with Crippen molar-refractivity contribution in [2.24, 2.45) is 0 Å². The van der Waals surface area contributed by atoms with Gasteiger partial charge in [-0.05, 0) is 51.0 Å². The van der Waals surface area contributed by atoms with Crippen LogP contribution in [0.4, 0.5) is 18.9 Å². The second-order valence-electron chi connectivity index (χ2n) is 11.3. The molecule has 4 heterocycles. The Kier molecular flexibility index (Phi) is 6.05. The summed E-state index contributed by atoms with van der Waals surface area (Å²) in [5.41, 5.74) is 1.64. The number of anilines is 1. The lowest BCUT2D eigenvalue weighted by molar-refractivity contribution is -0.169. The molecule has 2 saturated heterocycles. The summed E-state index contributed by atoms with van der Waals surface area (Å²) in [5, 5.41) is 1.05. The van der Waals surface area contributed by atoms with Gasteiger partial charge in [0, 0.05) is 66.4 Å². The molecule has 3 aliphatic rings. The molecule has 8 heteroatoms. The number of para-hydroxylation sites is 1. The summed E-state index contributed by atoms with van der Waals surface area (Å²) in [6, 6.07) is 9.88. The molecule has 0 unspecified atom stereocenters. The van der Waals surface area contributed by atoms with E-state index < -0.39 is 29.1 Å². The van der Waals surface area contributed by atoms with Crippen molar-refractivity contribution < 1.29 is 22.6 Å². The van der Waals surface area contributed by atoms with Gasteiger partial charge in [0.05, 0.1) is 19.3 Å². The summed E-state index contributed by atoms with van der Waals surface area (Å²) in [6.45, 7) is 7.43. The van der Waals surface area contributed by atoms with Gasteiger partial charge < -0.3 is 19.4 Å². The SMILES string of the molecule is C[C@@H]1Cc2c([nH]c3ccccc23)[C@@H](c2c(F)cc(N3CCC4(CC3)OCCO4)cc2F)N1CC(C)(C)F. The molecule has 2 atom stereocenters. The largest absolute Gasteiger partial charge is 0.371 e. The van der Waals surface area contributed by atoms with E-state index in [-0.39, 0.29) is 18.2 Å². The predicted molar refractivity (Wildman–Crippen MR) is 138 cm³/mol. The van der Waals surface area contributed by atoms with Crippen LogP contribution in [0.2, 0.25) is 0 Å². The maximum atomic E-state index is 16.0. The third-order valence-electron chi connectivity index (χ3n) is 8.12. The smallest absolute Gasteiger partial charge is 0.171 e. The number of aromatic amines is 1. The lowest BCUT2D eigenvalue weighted by Crippen LogP contribution is -2.48. The first-order valence-corrected chi connectivity index (χ1v) is 13.2. The molecule has 3 aliphatic heterocycles. The summed E-state index contributed by atoms with van der Waals surface area (Å²) >= 11 is 0. The Balaban J connectivity index is 1.40. The molecule has 0 aliphatic carbocycles. The molecule has 3 aromatic rings. The third-order valence-corrected chi connectivity index (χ3v) is 8.12. The van der Waals surface area contributed by atoms with E-state index in [0.29, 0.717) is 51.3 Å². The van der Waals surface area contributed by atoms with Gasteiger partial charge in [-0.2, -0.15) is 0 Å². The second kappa shape index (κ2) is 9.03. The standard InChI is InChI=1S/C29H34F3N3O2/c1-18-14-21-20-6-4-5-7-24(20)33-26(21)27(35(18)17-28(2,3)32)25-22(30)15-19(16-23(25)31)34-10-8-29(9-11-34)36-12-13-37-29/h4-7,15-16,18,27,33H,8-14,17H2,1-3H3/t18-,27-/m1/s1. The third kappa shape index (κ3) is 4.43. The van der Waals surface area contributed by atoms with Gasteiger partial charge >= 0.3 is 0 Å². The van der Waals surface area contributed by atoms with Gasteiger partial charge in [-0.15, -0.1) is 0 Å². The fourth-order valence-corrected chi connectivity index (χ4v) is 6.40.